The highest BCUT2D eigenvalue weighted by Crippen LogP contribution is 2.50. The Hall–Kier alpha value is -2.83. The van der Waals surface area contributed by atoms with E-state index in [1.54, 1.807) is 13.0 Å². The van der Waals surface area contributed by atoms with E-state index in [0.717, 1.165) is 6.08 Å². The SMILES string of the molecule is CCOC(=O)[C@]1(C)C(=O)c2cc(OC)c(OC)cc2/C1=C/C(=O)OC. The molecule has 0 fully saturated rings. The number of esters is 2. The number of carbonyl (C=O) groups excluding carboxylic acids is 3. The van der Waals surface area contributed by atoms with Crippen LogP contribution < -0.4 is 9.47 Å². The number of benzene rings is 1. The maximum absolute atomic E-state index is 13.0. The monoisotopic (exact) mass is 348 g/mol. The van der Waals surface area contributed by atoms with Crippen LogP contribution in [-0.2, 0) is 19.1 Å². The summed E-state index contributed by atoms with van der Waals surface area (Å²) in [4.78, 5) is 37.3. The molecule has 7 heteroatoms. The minimum Gasteiger partial charge on any atom is -0.493 e. The van der Waals surface area contributed by atoms with Crippen LogP contribution in [0, 0.1) is 5.41 Å². The zero-order chi connectivity index (χ0) is 18.8. The molecule has 1 aliphatic rings. The Kier molecular flexibility index (Phi) is 5.15. The van der Waals surface area contributed by atoms with Crippen molar-refractivity contribution in [3.05, 3.63) is 29.3 Å². The first kappa shape index (κ1) is 18.5. The van der Waals surface area contributed by atoms with Gasteiger partial charge in [0.1, 0.15) is 0 Å². The van der Waals surface area contributed by atoms with Crippen LogP contribution >= 0.6 is 0 Å². The number of carbonyl (C=O) groups is 3. The molecule has 25 heavy (non-hydrogen) atoms. The molecule has 0 bridgehead atoms. The van der Waals surface area contributed by atoms with Gasteiger partial charge in [0.05, 0.1) is 27.9 Å². The summed E-state index contributed by atoms with van der Waals surface area (Å²) in [6.07, 6.45) is 1.13. The van der Waals surface area contributed by atoms with Crippen molar-refractivity contribution in [3.63, 3.8) is 0 Å². The number of ether oxygens (including phenoxy) is 4. The molecule has 0 unspecified atom stereocenters. The van der Waals surface area contributed by atoms with Crippen LogP contribution in [0.25, 0.3) is 5.57 Å². The molecule has 0 radical (unpaired) electrons. The summed E-state index contributed by atoms with van der Waals surface area (Å²) >= 11 is 0. The summed E-state index contributed by atoms with van der Waals surface area (Å²) in [6.45, 7) is 3.18. The Morgan fingerprint density at radius 1 is 1.08 bits per heavy atom. The number of Topliss-reactive ketones (excluding diaryl/α,β-unsaturated/α-hetero) is 1. The molecule has 1 aromatic rings. The van der Waals surface area contributed by atoms with Crippen molar-refractivity contribution >= 4 is 23.3 Å². The van der Waals surface area contributed by atoms with Crippen LogP contribution in [0.3, 0.4) is 0 Å². The van der Waals surface area contributed by atoms with Crippen LogP contribution in [0.5, 0.6) is 11.5 Å². The van der Waals surface area contributed by atoms with E-state index in [1.807, 2.05) is 0 Å². The second kappa shape index (κ2) is 6.96. The molecule has 7 nitrogen and oxygen atoms in total. The molecule has 2 rings (SSSR count). The average Bonchev–Trinajstić information content (AvgIpc) is 2.82. The summed E-state index contributed by atoms with van der Waals surface area (Å²) in [5.74, 6) is -1.17. The Morgan fingerprint density at radius 3 is 2.12 bits per heavy atom. The molecule has 1 aromatic carbocycles. The molecule has 0 N–H and O–H groups in total. The van der Waals surface area contributed by atoms with Gasteiger partial charge in [0, 0.05) is 11.6 Å². The van der Waals surface area contributed by atoms with Gasteiger partial charge in [-0.1, -0.05) is 0 Å². The molecule has 134 valence electrons. The second-order valence-electron chi connectivity index (χ2n) is 5.51. The third kappa shape index (κ3) is 2.86. The predicted octanol–water partition coefficient (Wildman–Crippen LogP) is 2.03. The molecule has 1 atom stereocenters. The third-order valence-corrected chi connectivity index (χ3v) is 4.20. The van der Waals surface area contributed by atoms with E-state index in [4.69, 9.17) is 14.2 Å². The van der Waals surface area contributed by atoms with Crippen molar-refractivity contribution in [2.24, 2.45) is 5.41 Å². The highest BCUT2D eigenvalue weighted by atomic mass is 16.5. The summed E-state index contributed by atoms with van der Waals surface area (Å²) in [5, 5.41) is 0. The number of methoxy groups -OCH3 is 3. The van der Waals surface area contributed by atoms with Crippen LogP contribution in [-0.4, -0.2) is 45.7 Å². The lowest BCUT2D eigenvalue weighted by Gasteiger charge is -2.22. The number of fused-ring (bicyclic) bond motifs is 1. The molecular weight excluding hydrogens is 328 g/mol. The molecule has 0 spiro atoms. The number of hydrogen-bond acceptors (Lipinski definition) is 7. The summed E-state index contributed by atoms with van der Waals surface area (Å²) in [6, 6.07) is 3.05. The van der Waals surface area contributed by atoms with Gasteiger partial charge in [-0.25, -0.2) is 4.79 Å². The van der Waals surface area contributed by atoms with Crippen molar-refractivity contribution in [2.75, 3.05) is 27.9 Å². The second-order valence-corrected chi connectivity index (χ2v) is 5.51. The molecule has 0 amide bonds. The maximum Gasteiger partial charge on any atom is 0.330 e. The lowest BCUT2D eigenvalue weighted by Crippen LogP contribution is -2.35. The van der Waals surface area contributed by atoms with Gasteiger partial charge in [0.15, 0.2) is 22.7 Å². The normalized spacial score (nSPS) is 20.2. The molecule has 0 aromatic heterocycles. The fraction of sp³-hybridized carbons (Fsp3) is 0.389. The maximum atomic E-state index is 13.0. The van der Waals surface area contributed by atoms with Gasteiger partial charge in [0.2, 0.25) is 0 Å². The van der Waals surface area contributed by atoms with Crippen LogP contribution in [0.15, 0.2) is 18.2 Å². The zero-order valence-electron chi connectivity index (χ0n) is 14.8. The Labute approximate surface area is 145 Å². The van der Waals surface area contributed by atoms with Gasteiger partial charge in [-0.3, -0.25) is 9.59 Å². The Balaban J connectivity index is 2.76. The van der Waals surface area contributed by atoms with Crippen LogP contribution in [0.2, 0.25) is 0 Å². The summed E-state index contributed by atoms with van der Waals surface area (Å²) in [7, 11) is 4.11. The smallest absolute Gasteiger partial charge is 0.330 e. The highest BCUT2D eigenvalue weighted by Gasteiger charge is 2.53. The Bertz CT molecular complexity index is 763. The van der Waals surface area contributed by atoms with E-state index < -0.39 is 23.1 Å². The van der Waals surface area contributed by atoms with Crippen molar-refractivity contribution in [1.82, 2.24) is 0 Å². The van der Waals surface area contributed by atoms with Crippen LogP contribution in [0.4, 0.5) is 0 Å². The van der Waals surface area contributed by atoms with Gasteiger partial charge in [-0.05, 0) is 37.1 Å². The van der Waals surface area contributed by atoms with E-state index >= 15 is 0 Å². The zero-order valence-corrected chi connectivity index (χ0v) is 14.8. The highest BCUT2D eigenvalue weighted by molar-refractivity contribution is 6.28. The molecule has 0 heterocycles. The molecule has 0 saturated heterocycles. The van der Waals surface area contributed by atoms with Gasteiger partial charge in [-0.2, -0.15) is 0 Å². The first-order valence-electron chi connectivity index (χ1n) is 7.63. The van der Waals surface area contributed by atoms with Crippen molar-refractivity contribution in [1.29, 1.82) is 0 Å². The molecule has 0 saturated carbocycles. The van der Waals surface area contributed by atoms with E-state index in [1.165, 1.54) is 34.3 Å². The lowest BCUT2D eigenvalue weighted by molar-refractivity contribution is -0.148. The Morgan fingerprint density at radius 2 is 1.64 bits per heavy atom. The van der Waals surface area contributed by atoms with Crippen molar-refractivity contribution in [2.45, 2.75) is 13.8 Å². The summed E-state index contributed by atoms with van der Waals surface area (Å²) in [5.41, 5.74) is -0.782. The number of rotatable bonds is 5. The van der Waals surface area contributed by atoms with Crippen LogP contribution in [0.1, 0.15) is 29.8 Å². The third-order valence-electron chi connectivity index (χ3n) is 4.20. The summed E-state index contributed by atoms with van der Waals surface area (Å²) < 4.78 is 20.2. The first-order chi connectivity index (χ1) is 11.8. The fourth-order valence-electron chi connectivity index (χ4n) is 2.83. The standard InChI is InChI=1S/C18H20O7/c1-6-25-17(21)18(2)12(9-15(19)24-5)10-7-13(22-3)14(23-4)8-11(10)16(18)20/h7-9H,6H2,1-5H3/b12-9-/t18-/m0/s1. The van der Waals surface area contributed by atoms with E-state index in [0.29, 0.717) is 17.1 Å². The predicted molar refractivity (Wildman–Crippen MR) is 88.6 cm³/mol. The van der Waals surface area contributed by atoms with E-state index in [9.17, 15) is 14.4 Å². The lowest BCUT2D eigenvalue weighted by atomic mass is 9.81. The first-order valence-corrected chi connectivity index (χ1v) is 7.63. The molecular formula is C18H20O7. The fourth-order valence-corrected chi connectivity index (χ4v) is 2.83. The van der Waals surface area contributed by atoms with Gasteiger partial charge >= 0.3 is 11.9 Å². The van der Waals surface area contributed by atoms with E-state index in [2.05, 4.69) is 4.74 Å². The van der Waals surface area contributed by atoms with Gasteiger partial charge in [-0.15, -0.1) is 0 Å². The minimum atomic E-state index is -1.65. The quantitative estimate of drug-likeness (QED) is 0.457. The van der Waals surface area contributed by atoms with E-state index in [-0.39, 0.29) is 17.7 Å². The largest absolute Gasteiger partial charge is 0.493 e. The topological polar surface area (TPSA) is 88.1 Å². The van der Waals surface area contributed by atoms with Crippen molar-refractivity contribution < 1.29 is 33.3 Å². The van der Waals surface area contributed by atoms with Crippen molar-refractivity contribution in [3.8, 4) is 11.5 Å². The number of ketones is 1. The van der Waals surface area contributed by atoms with Gasteiger partial charge < -0.3 is 18.9 Å². The number of hydrogen-bond donors (Lipinski definition) is 0. The molecule has 1 aliphatic carbocycles. The average molecular weight is 348 g/mol. The molecule has 0 aliphatic heterocycles. The van der Waals surface area contributed by atoms with Gasteiger partial charge in [0.25, 0.3) is 0 Å². The minimum absolute atomic E-state index is 0.107.